The Hall–Kier alpha value is -1.88. The minimum Gasteiger partial charge on any atom is -0.351 e. The van der Waals surface area contributed by atoms with Gasteiger partial charge in [0.15, 0.2) is 0 Å². The Morgan fingerprint density at radius 1 is 0.955 bits per heavy atom. The molecule has 1 aromatic carbocycles. The van der Waals surface area contributed by atoms with Crippen molar-refractivity contribution in [2.75, 3.05) is 0 Å². The van der Waals surface area contributed by atoms with Crippen LogP contribution >= 0.6 is 0 Å². The third-order valence-electron chi connectivity index (χ3n) is 3.70. The zero-order valence-corrected chi connectivity index (χ0v) is 14.0. The number of primary amides is 1. The lowest BCUT2D eigenvalue weighted by Crippen LogP contribution is -2.48. The highest BCUT2D eigenvalue weighted by Gasteiger charge is 2.22. The molecule has 0 bridgehead atoms. The van der Waals surface area contributed by atoms with E-state index in [2.05, 4.69) is 62.6 Å². The molecule has 22 heavy (non-hydrogen) atoms. The summed E-state index contributed by atoms with van der Waals surface area (Å²) in [5, 5.41) is 5.37. The minimum absolute atomic E-state index is 0.0230. The molecule has 5 heteroatoms. The Labute approximate surface area is 132 Å². The summed E-state index contributed by atoms with van der Waals surface area (Å²) in [4.78, 5) is 22.6. The third-order valence-corrected chi connectivity index (χ3v) is 3.70. The molecule has 0 saturated carbocycles. The number of nitrogens with two attached hydrogens (primary N) is 1. The molecule has 0 aliphatic carbocycles. The number of nitrogens with one attached hydrogen (secondary N) is 2. The van der Waals surface area contributed by atoms with E-state index in [1.54, 1.807) is 6.92 Å². The Bertz CT molecular complexity index is 509. The second-order valence-electron chi connectivity index (χ2n) is 6.28. The lowest BCUT2D eigenvalue weighted by molar-refractivity contribution is -0.121. The molecule has 3 amide bonds. The Morgan fingerprint density at radius 3 is 1.86 bits per heavy atom. The van der Waals surface area contributed by atoms with Gasteiger partial charge in [-0.15, -0.1) is 0 Å². The van der Waals surface area contributed by atoms with Crippen molar-refractivity contribution in [1.82, 2.24) is 10.6 Å². The van der Waals surface area contributed by atoms with Gasteiger partial charge in [0.1, 0.15) is 0 Å². The van der Waals surface area contributed by atoms with E-state index in [4.69, 9.17) is 5.73 Å². The number of urea groups is 1. The lowest BCUT2D eigenvalue weighted by Gasteiger charge is -2.26. The van der Waals surface area contributed by atoms with Gasteiger partial charge in [0.05, 0.1) is 6.04 Å². The molecule has 0 aliphatic heterocycles. The molecule has 0 fully saturated rings. The van der Waals surface area contributed by atoms with Gasteiger partial charge in [0.2, 0.25) is 5.91 Å². The topological polar surface area (TPSA) is 84.2 Å². The van der Waals surface area contributed by atoms with Crippen molar-refractivity contribution >= 4 is 11.9 Å². The highest BCUT2D eigenvalue weighted by molar-refractivity contribution is 5.96. The van der Waals surface area contributed by atoms with Crippen LogP contribution in [0.25, 0.3) is 0 Å². The largest absolute Gasteiger partial charge is 0.351 e. The van der Waals surface area contributed by atoms with Crippen LogP contribution < -0.4 is 16.4 Å². The fourth-order valence-electron chi connectivity index (χ4n) is 2.34. The summed E-state index contributed by atoms with van der Waals surface area (Å²) in [6.45, 7) is 10.2. The van der Waals surface area contributed by atoms with E-state index in [9.17, 15) is 9.59 Å². The maximum absolute atomic E-state index is 11.8. The van der Waals surface area contributed by atoms with E-state index >= 15 is 0 Å². The Kier molecular flexibility index (Phi) is 6.56. The van der Waals surface area contributed by atoms with Crippen LogP contribution in [0.2, 0.25) is 0 Å². The van der Waals surface area contributed by atoms with Gasteiger partial charge >= 0.3 is 6.03 Å². The van der Waals surface area contributed by atoms with Crippen LogP contribution in [0.5, 0.6) is 0 Å². The van der Waals surface area contributed by atoms with Gasteiger partial charge in [-0.05, 0) is 29.9 Å². The normalized spacial score (nSPS) is 14.0. The van der Waals surface area contributed by atoms with Crippen LogP contribution in [-0.2, 0) is 4.79 Å². The summed E-state index contributed by atoms with van der Waals surface area (Å²) in [7, 11) is 0. The lowest BCUT2D eigenvalue weighted by atomic mass is 9.93. The predicted molar refractivity (Wildman–Crippen MR) is 88.4 cm³/mol. The van der Waals surface area contributed by atoms with Crippen molar-refractivity contribution in [2.45, 2.75) is 52.6 Å². The van der Waals surface area contributed by atoms with Crippen molar-refractivity contribution in [2.24, 2.45) is 11.7 Å². The summed E-state index contributed by atoms with van der Waals surface area (Å²) in [6, 6.07) is 7.09. The quantitative estimate of drug-likeness (QED) is 0.755. The molecule has 0 radical (unpaired) electrons. The van der Waals surface area contributed by atoms with Crippen LogP contribution in [0, 0.1) is 5.92 Å². The van der Waals surface area contributed by atoms with Gasteiger partial charge in [-0.3, -0.25) is 15.4 Å². The van der Waals surface area contributed by atoms with E-state index in [-0.39, 0.29) is 6.04 Å². The maximum Gasteiger partial charge on any atom is 0.318 e. The first kappa shape index (κ1) is 18.2. The summed E-state index contributed by atoms with van der Waals surface area (Å²) < 4.78 is 0. The Balaban J connectivity index is 2.85. The van der Waals surface area contributed by atoms with E-state index in [0.29, 0.717) is 11.8 Å². The van der Waals surface area contributed by atoms with Crippen molar-refractivity contribution in [1.29, 1.82) is 0 Å². The van der Waals surface area contributed by atoms with E-state index in [1.807, 2.05) is 0 Å². The second-order valence-corrected chi connectivity index (χ2v) is 6.28. The maximum atomic E-state index is 11.8. The van der Waals surface area contributed by atoms with Crippen LogP contribution in [0.3, 0.4) is 0 Å². The number of imide groups is 1. The standard InChI is InChI=1S/C17H27N3O2/c1-10(2)13-6-8-14(9-7-13)15(11(3)4)19-12(5)16(21)20-17(18)22/h6-12,15,19H,1-5H3,(H3,18,20,21,22)/t12-,15-/m1/s1. The number of benzene rings is 1. The number of hydrogen-bond donors (Lipinski definition) is 3. The van der Waals surface area contributed by atoms with Gasteiger partial charge in [-0.25, -0.2) is 4.79 Å². The fourth-order valence-corrected chi connectivity index (χ4v) is 2.34. The molecule has 1 aromatic rings. The summed E-state index contributed by atoms with van der Waals surface area (Å²) in [6.07, 6.45) is 0. The van der Waals surface area contributed by atoms with Gasteiger partial charge in [-0.2, -0.15) is 0 Å². The second kappa shape index (κ2) is 7.94. The molecule has 0 heterocycles. The van der Waals surface area contributed by atoms with Crippen LogP contribution in [0.1, 0.15) is 57.7 Å². The summed E-state index contributed by atoms with van der Waals surface area (Å²) >= 11 is 0. The first-order chi connectivity index (χ1) is 10.2. The van der Waals surface area contributed by atoms with Gasteiger partial charge < -0.3 is 5.73 Å². The van der Waals surface area contributed by atoms with Crippen molar-refractivity contribution in [3.05, 3.63) is 35.4 Å². The number of hydrogen-bond acceptors (Lipinski definition) is 3. The fraction of sp³-hybridized carbons (Fsp3) is 0.529. The van der Waals surface area contributed by atoms with Crippen molar-refractivity contribution in [3.63, 3.8) is 0 Å². The van der Waals surface area contributed by atoms with E-state index in [1.165, 1.54) is 5.56 Å². The van der Waals surface area contributed by atoms with Crippen LogP contribution in [0.15, 0.2) is 24.3 Å². The van der Waals surface area contributed by atoms with E-state index in [0.717, 1.165) is 5.56 Å². The Morgan fingerprint density at radius 2 is 1.45 bits per heavy atom. The highest BCUT2D eigenvalue weighted by Crippen LogP contribution is 2.24. The SMILES string of the molecule is CC(C)c1ccc([C@H](N[C@H](C)C(=O)NC(N)=O)C(C)C)cc1. The van der Waals surface area contributed by atoms with Crippen molar-refractivity contribution in [3.8, 4) is 0 Å². The number of carbonyl (C=O) groups excluding carboxylic acids is 2. The first-order valence-corrected chi connectivity index (χ1v) is 7.68. The molecule has 0 saturated heterocycles. The molecule has 1 rings (SSSR count). The number of carbonyl (C=O) groups is 2. The van der Waals surface area contributed by atoms with E-state index < -0.39 is 18.0 Å². The average molecular weight is 305 g/mol. The molecule has 2 atom stereocenters. The van der Waals surface area contributed by atoms with Gasteiger partial charge in [0.25, 0.3) is 0 Å². The highest BCUT2D eigenvalue weighted by atomic mass is 16.2. The molecule has 4 N–H and O–H groups in total. The molecule has 5 nitrogen and oxygen atoms in total. The molecule has 0 spiro atoms. The average Bonchev–Trinajstić information content (AvgIpc) is 2.43. The third kappa shape index (κ3) is 5.15. The smallest absolute Gasteiger partial charge is 0.318 e. The van der Waals surface area contributed by atoms with Gasteiger partial charge in [-0.1, -0.05) is 52.0 Å². The number of rotatable bonds is 6. The molecule has 122 valence electrons. The molecular formula is C17H27N3O2. The molecular weight excluding hydrogens is 278 g/mol. The molecule has 0 aliphatic rings. The number of amides is 3. The van der Waals surface area contributed by atoms with Crippen LogP contribution in [0.4, 0.5) is 4.79 Å². The zero-order chi connectivity index (χ0) is 16.9. The summed E-state index contributed by atoms with van der Waals surface area (Å²) in [5.41, 5.74) is 7.39. The van der Waals surface area contributed by atoms with Gasteiger partial charge in [0, 0.05) is 6.04 Å². The van der Waals surface area contributed by atoms with Crippen molar-refractivity contribution < 1.29 is 9.59 Å². The predicted octanol–water partition coefficient (Wildman–Crippen LogP) is 2.68. The minimum atomic E-state index is -0.832. The zero-order valence-electron chi connectivity index (χ0n) is 14.0. The monoisotopic (exact) mass is 305 g/mol. The molecule has 0 unspecified atom stereocenters. The van der Waals surface area contributed by atoms with Crippen LogP contribution in [-0.4, -0.2) is 18.0 Å². The molecule has 0 aromatic heterocycles. The first-order valence-electron chi connectivity index (χ1n) is 7.68. The summed E-state index contributed by atoms with van der Waals surface area (Å²) in [5.74, 6) is 0.366.